The molecule has 0 aliphatic heterocycles. The zero-order chi connectivity index (χ0) is 22.1. The Hall–Kier alpha value is -4.13. The molecule has 0 aliphatic carbocycles. The Morgan fingerprint density at radius 3 is 2.13 bits per heavy atom. The number of carbonyl (C=O) groups is 3. The number of imide groups is 1. The maximum atomic E-state index is 12.9. The first-order chi connectivity index (χ1) is 15.1. The molecule has 0 aliphatic rings. The molecular formula is C24H22N2O5. The highest BCUT2D eigenvalue weighted by atomic mass is 16.6. The molecule has 2 N–H and O–H groups in total. The van der Waals surface area contributed by atoms with Gasteiger partial charge >= 0.3 is 12.0 Å². The third kappa shape index (κ3) is 5.93. The Balaban J connectivity index is 1.80. The van der Waals surface area contributed by atoms with E-state index < -0.39 is 24.0 Å². The summed E-state index contributed by atoms with van der Waals surface area (Å²) in [6.45, 7) is 0.268. The number of para-hydroxylation sites is 1. The van der Waals surface area contributed by atoms with Crippen LogP contribution in [0.5, 0.6) is 5.75 Å². The van der Waals surface area contributed by atoms with Crippen LogP contribution in [0.2, 0.25) is 0 Å². The molecule has 3 amide bonds. The maximum absolute atomic E-state index is 12.9. The number of benzene rings is 3. The van der Waals surface area contributed by atoms with Crippen molar-refractivity contribution in [1.82, 2.24) is 10.6 Å². The van der Waals surface area contributed by atoms with E-state index in [9.17, 15) is 14.4 Å². The van der Waals surface area contributed by atoms with Crippen molar-refractivity contribution < 1.29 is 23.9 Å². The summed E-state index contributed by atoms with van der Waals surface area (Å²) in [5, 5.41) is 4.45. The van der Waals surface area contributed by atoms with E-state index in [2.05, 4.69) is 10.6 Å². The van der Waals surface area contributed by atoms with Gasteiger partial charge in [-0.15, -0.1) is 0 Å². The monoisotopic (exact) mass is 418 g/mol. The van der Waals surface area contributed by atoms with Crippen LogP contribution < -0.4 is 15.4 Å². The standard InChI is InChI=1S/C24H22N2O5/c1-25-24(29)26-22(27)21(18-12-6-3-7-13-18)31-23(28)19-14-8-9-15-20(19)30-16-17-10-4-2-5-11-17/h2-15,21H,16H2,1H3,(H2,25,26,27,29)/t21-/m1/s1. The molecule has 0 bridgehead atoms. The SMILES string of the molecule is CNC(=O)NC(=O)[C@H](OC(=O)c1ccccc1OCc1ccccc1)c1ccccc1. The molecule has 3 rings (SSSR count). The van der Waals surface area contributed by atoms with E-state index in [1.807, 2.05) is 30.3 Å². The summed E-state index contributed by atoms with van der Waals surface area (Å²) >= 11 is 0. The lowest BCUT2D eigenvalue weighted by Crippen LogP contribution is -2.41. The van der Waals surface area contributed by atoms with Gasteiger partial charge in [0.05, 0.1) is 0 Å². The second-order valence-corrected chi connectivity index (χ2v) is 6.53. The Bertz CT molecular complexity index is 1040. The molecule has 0 saturated carbocycles. The summed E-state index contributed by atoms with van der Waals surface area (Å²) in [7, 11) is 1.38. The molecule has 3 aromatic carbocycles. The van der Waals surface area contributed by atoms with Gasteiger partial charge < -0.3 is 14.8 Å². The van der Waals surface area contributed by atoms with E-state index >= 15 is 0 Å². The van der Waals surface area contributed by atoms with Crippen molar-refractivity contribution in [2.75, 3.05) is 7.05 Å². The van der Waals surface area contributed by atoms with Gasteiger partial charge in [0, 0.05) is 12.6 Å². The van der Waals surface area contributed by atoms with Gasteiger partial charge in [-0.2, -0.15) is 0 Å². The minimum absolute atomic E-state index is 0.173. The number of ether oxygens (including phenoxy) is 2. The first kappa shape index (κ1) is 21.6. The second kappa shape index (κ2) is 10.6. The molecule has 0 radical (unpaired) electrons. The van der Waals surface area contributed by atoms with Crippen LogP contribution in [0.15, 0.2) is 84.9 Å². The summed E-state index contributed by atoms with van der Waals surface area (Å²) in [6, 6.07) is 23.9. The number of urea groups is 1. The molecule has 1 atom stereocenters. The van der Waals surface area contributed by atoms with Crippen LogP contribution in [0.25, 0.3) is 0 Å². The lowest BCUT2D eigenvalue weighted by molar-refractivity contribution is -0.129. The molecule has 0 unspecified atom stereocenters. The van der Waals surface area contributed by atoms with Gasteiger partial charge in [0.25, 0.3) is 5.91 Å². The predicted octanol–water partition coefficient (Wildman–Crippen LogP) is 3.62. The summed E-state index contributed by atoms with van der Waals surface area (Å²) in [4.78, 5) is 37.1. The van der Waals surface area contributed by atoms with Crippen LogP contribution in [0, 0.1) is 0 Å². The van der Waals surface area contributed by atoms with Crippen LogP contribution >= 0.6 is 0 Å². The van der Waals surface area contributed by atoms with Gasteiger partial charge in [-0.1, -0.05) is 72.8 Å². The van der Waals surface area contributed by atoms with E-state index in [1.165, 1.54) is 7.05 Å². The number of carbonyl (C=O) groups excluding carboxylic acids is 3. The molecule has 158 valence electrons. The summed E-state index contributed by atoms with van der Waals surface area (Å²) < 4.78 is 11.3. The van der Waals surface area contributed by atoms with E-state index in [0.29, 0.717) is 11.3 Å². The van der Waals surface area contributed by atoms with Crippen molar-refractivity contribution in [2.45, 2.75) is 12.7 Å². The van der Waals surface area contributed by atoms with Gasteiger partial charge in [-0.25, -0.2) is 9.59 Å². The van der Waals surface area contributed by atoms with Crippen molar-refractivity contribution in [2.24, 2.45) is 0 Å². The average Bonchev–Trinajstić information content (AvgIpc) is 2.82. The highest BCUT2D eigenvalue weighted by molar-refractivity contribution is 5.99. The summed E-state index contributed by atoms with van der Waals surface area (Å²) in [5.74, 6) is -1.18. The van der Waals surface area contributed by atoms with Crippen LogP contribution in [-0.2, 0) is 16.1 Å². The quantitative estimate of drug-likeness (QED) is 0.572. The van der Waals surface area contributed by atoms with Crippen molar-refractivity contribution in [3.63, 3.8) is 0 Å². The molecule has 7 heteroatoms. The number of hydrogen-bond acceptors (Lipinski definition) is 5. The highest BCUT2D eigenvalue weighted by Crippen LogP contribution is 2.25. The van der Waals surface area contributed by atoms with Crippen LogP contribution in [0.4, 0.5) is 4.79 Å². The van der Waals surface area contributed by atoms with Crippen molar-refractivity contribution in [3.8, 4) is 5.75 Å². The summed E-state index contributed by atoms with van der Waals surface area (Å²) in [5.41, 5.74) is 1.55. The second-order valence-electron chi connectivity index (χ2n) is 6.53. The number of rotatable bonds is 7. The Morgan fingerprint density at radius 2 is 1.45 bits per heavy atom. The largest absolute Gasteiger partial charge is 0.488 e. The normalized spacial score (nSPS) is 11.1. The zero-order valence-electron chi connectivity index (χ0n) is 16.9. The number of hydrogen-bond donors (Lipinski definition) is 2. The van der Waals surface area contributed by atoms with Gasteiger partial charge in [0.2, 0.25) is 6.10 Å². The van der Waals surface area contributed by atoms with E-state index in [0.717, 1.165) is 5.56 Å². The van der Waals surface area contributed by atoms with Crippen molar-refractivity contribution in [3.05, 3.63) is 102 Å². The Labute approximate surface area is 180 Å². The molecular weight excluding hydrogens is 396 g/mol. The molecule has 31 heavy (non-hydrogen) atoms. The number of esters is 1. The third-order valence-electron chi connectivity index (χ3n) is 4.37. The van der Waals surface area contributed by atoms with E-state index in [4.69, 9.17) is 9.47 Å². The molecule has 3 aromatic rings. The lowest BCUT2D eigenvalue weighted by atomic mass is 10.1. The average molecular weight is 418 g/mol. The fraction of sp³-hybridized carbons (Fsp3) is 0.125. The highest BCUT2D eigenvalue weighted by Gasteiger charge is 2.28. The van der Waals surface area contributed by atoms with Crippen molar-refractivity contribution in [1.29, 1.82) is 0 Å². The lowest BCUT2D eigenvalue weighted by Gasteiger charge is -2.18. The molecule has 0 spiro atoms. The third-order valence-corrected chi connectivity index (χ3v) is 4.37. The van der Waals surface area contributed by atoms with Crippen LogP contribution in [0.3, 0.4) is 0 Å². The molecule has 0 heterocycles. The topological polar surface area (TPSA) is 93.7 Å². The van der Waals surface area contributed by atoms with E-state index in [1.54, 1.807) is 54.6 Å². The summed E-state index contributed by atoms with van der Waals surface area (Å²) in [6.07, 6.45) is -1.31. The molecule has 7 nitrogen and oxygen atoms in total. The van der Waals surface area contributed by atoms with Gasteiger partial charge in [-0.3, -0.25) is 10.1 Å². The van der Waals surface area contributed by atoms with Crippen molar-refractivity contribution >= 4 is 17.9 Å². The molecule has 0 fully saturated rings. The predicted molar refractivity (Wildman–Crippen MR) is 114 cm³/mol. The zero-order valence-corrected chi connectivity index (χ0v) is 16.9. The molecule has 0 saturated heterocycles. The minimum atomic E-state index is -1.31. The first-order valence-electron chi connectivity index (χ1n) is 9.62. The number of amides is 3. The first-order valence-corrected chi connectivity index (χ1v) is 9.62. The Kier molecular flexibility index (Phi) is 7.37. The maximum Gasteiger partial charge on any atom is 0.343 e. The smallest absolute Gasteiger partial charge is 0.343 e. The fourth-order valence-electron chi connectivity index (χ4n) is 2.81. The van der Waals surface area contributed by atoms with Gasteiger partial charge in [0.15, 0.2) is 0 Å². The van der Waals surface area contributed by atoms with Crippen LogP contribution in [0.1, 0.15) is 27.6 Å². The number of nitrogens with one attached hydrogen (secondary N) is 2. The van der Waals surface area contributed by atoms with Gasteiger partial charge in [-0.05, 0) is 17.7 Å². The Morgan fingerprint density at radius 1 is 0.839 bits per heavy atom. The van der Waals surface area contributed by atoms with Gasteiger partial charge in [0.1, 0.15) is 17.9 Å². The van der Waals surface area contributed by atoms with E-state index in [-0.39, 0.29) is 12.2 Å². The minimum Gasteiger partial charge on any atom is -0.488 e. The van der Waals surface area contributed by atoms with Crippen LogP contribution in [-0.4, -0.2) is 25.0 Å². The molecule has 0 aromatic heterocycles. The fourth-order valence-corrected chi connectivity index (χ4v) is 2.81.